The van der Waals surface area contributed by atoms with E-state index in [4.69, 9.17) is 0 Å². The molecule has 0 aromatic rings. The molecule has 27 heavy (non-hydrogen) atoms. The monoisotopic (exact) mass is 746 g/mol. The third-order valence-electron chi connectivity index (χ3n) is 2.69. The molecule has 0 rings (SSSR count). The summed E-state index contributed by atoms with van der Waals surface area (Å²) in [5.41, 5.74) is 0. The van der Waals surface area contributed by atoms with Crippen LogP contribution in [0, 0.1) is 0 Å². The van der Waals surface area contributed by atoms with Crippen LogP contribution in [0.3, 0.4) is 0 Å². The van der Waals surface area contributed by atoms with E-state index in [1.165, 1.54) is 0 Å². The number of hydrogen-bond acceptors (Lipinski definition) is 2. The van der Waals surface area contributed by atoms with Crippen molar-refractivity contribution in [2.24, 2.45) is 0 Å². The summed E-state index contributed by atoms with van der Waals surface area (Å²) in [4.78, 5) is 22.5. The molecule has 0 spiro atoms. The van der Waals surface area contributed by atoms with E-state index in [-0.39, 0.29) is 0 Å². The summed E-state index contributed by atoms with van der Waals surface area (Å²) in [5.74, 6) is -5.69. The van der Waals surface area contributed by atoms with E-state index in [2.05, 4.69) is 0 Å². The number of halogens is 14. The quantitative estimate of drug-likeness (QED) is 0.263. The molecule has 19 heteroatoms. The van der Waals surface area contributed by atoms with Gasteiger partial charge in [0, 0.05) is 0 Å². The second-order valence-electron chi connectivity index (χ2n) is 4.50. The number of amides is 2. The molecule has 0 radical (unpaired) electrons. The van der Waals surface area contributed by atoms with Gasteiger partial charge in [0.2, 0.25) is 0 Å². The van der Waals surface area contributed by atoms with Crippen LogP contribution in [0.2, 0.25) is 0 Å². The fourth-order valence-electron chi connectivity index (χ4n) is 1.28. The molecule has 0 heterocycles. The van der Waals surface area contributed by atoms with Crippen LogP contribution >= 0.6 is 31.9 Å². The average molecular weight is 746 g/mol. The van der Waals surface area contributed by atoms with Gasteiger partial charge in [0.25, 0.3) is 0 Å². The van der Waals surface area contributed by atoms with E-state index in [0.29, 0.717) is 0 Å². The summed E-state index contributed by atoms with van der Waals surface area (Å²) in [6, 6.07) is 0. The fourth-order valence-corrected chi connectivity index (χ4v) is 7.23. The normalized spacial score (nSPS) is 14.4. The van der Waals surface area contributed by atoms with Crippen molar-refractivity contribution >= 4 is 43.7 Å². The van der Waals surface area contributed by atoms with Crippen LogP contribution in [0.25, 0.3) is 0 Å². The fraction of sp³-hybridized carbons (Fsp3) is 0.750. The van der Waals surface area contributed by atoms with Gasteiger partial charge in [-0.1, -0.05) is 0 Å². The van der Waals surface area contributed by atoms with Gasteiger partial charge in [-0.05, 0) is 0 Å². The van der Waals surface area contributed by atoms with Gasteiger partial charge in [0.15, 0.2) is 0 Å². The van der Waals surface area contributed by atoms with Gasteiger partial charge >= 0.3 is 171 Å². The van der Waals surface area contributed by atoms with Crippen molar-refractivity contribution in [2.45, 2.75) is 33.4 Å². The first-order chi connectivity index (χ1) is 11.5. The third-order valence-corrected chi connectivity index (χ3v) is 9.08. The third kappa shape index (κ3) is 5.13. The Hall–Kier alpha value is -0.00494. The minimum absolute atomic E-state index is 0.951. The van der Waals surface area contributed by atoms with Crippen molar-refractivity contribution in [1.82, 2.24) is 6.16 Å². The van der Waals surface area contributed by atoms with E-state index in [1.54, 1.807) is 0 Å². The number of alkyl halides is 14. The molecule has 0 aromatic carbocycles. The van der Waals surface area contributed by atoms with Crippen LogP contribution in [0.1, 0.15) is 0 Å². The van der Waals surface area contributed by atoms with Crippen molar-refractivity contribution in [3.05, 3.63) is 0 Å². The van der Waals surface area contributed by atoms with Crippen LogP contribution in [0.4, 0.5) is 52.7 Å². The van der Waals surface area contributed by atoms with Gasteiger partial charge < -0.3 is 0 Å². The first kappa shape index (κ1) is 27.0. The number of carbonyl (C=O) groups is 2. The predicted octanol–water partition coefficient (Wildman–Crippen LogP) is 3.65. The summed E-state index contributed by atoms with van der Waals surface area (Å²) in [6.45, 7) is 0. The molecule has 0 fully saturated rings. The molecule has 156 valence electrons. The molecule has 0 saturated heterocycles. The molecular formula is C8H2Br2F12HgN2O2. The van der Waals surface area contributed by atoms with Crippen molar-refractivity contribution < 1.29 is 87.5 Å². The molecule has 0 unspecified atom stereocenters. The Balaban J connectivity index is 5.42. The van der Waals surface area contributed by atoms with Crippen LogP contribution in [0.5, 0.6) is 0 Å². The summed E-state index contributed by atoms with van der Waals surface area (Å²) in [6.07, 6.45) is -25.0. The zero-order valence-electron chi connectivity index (χ0n) is 11.8. The zero-order valence-corrected chi connectivity index (χ0v) is 20.5. The van der Waals surface area contributed by atoms with Crippen LogP contribution in [0.15, 0.2) is 0 Å². The number of hydrogen-bond donors (Lipinski definition) is 2. The van der Waals surface area contributed by atoms with Crippen LogP contribution < -0.4 is 6.16 Å². The van der Waals surface area contributed by atoms with Gasteiger partial charge in [-0.2, -0.15) is 0 Å². The Kier molecular flexibility index (Phi) is 8.02. The minimum atomic E-state index is -6.26. The average Bonchev–Trinajstić information content (AvgIpc) is 2.39. The molecule has 0 saturated carbocycles. The van der Waals surface area contributed by atoms with E-state index in [1.807, 2.05) is 0 Å². The van der Waals surface area contributed by atoms with Gasteiger partial charge in [0.1, 0.15) is 0 Å². The molecule has 2 N–H and O–H groups in total. The standard InChI is InChI=1S/2C4H2BrF6NO.Hg/c2*5-2(1(12)13,3(6,7)8)4(9,10)11;/h2*(H2,12,13);/q;;+2/p-2. The topological polar surface area (TPSA) is 58.2 Å². The van der Waals surface area contributed by atoms with E-state index in [0.717, 1.165) is 38.0 Å². The Morgan fingerprint density at radius 3 is 0.889 bits per heavy atom. The van der Waals surface area contributed by atoms with E-state index < -0.39 is 70.3 Å². The van der Waals surface area contributed by atoms with Gasteiger partial charge in [-0.3, -0.25) is 0 Å². The maximum atomic E-state index is 12.5. The van der Waals surface area contributed by atoms with Crippen molar-refractivity contribution in [3.8, 4) is 0 Å². The van der Waals surface area contributed by atoms with Crippen molar-refractivity contribution in [2.75, 3.05) is 0 Å². The molecule has 2 amide bonds. The Bertz CT molecular complexity index is 506. The zero-order chi connectivity index (χ0) is 22.3. The molecule has 0 aromatic heterocycles. The molecule has 0 aliphatic carbocycles. The molecule has 0 atom stereocenters. The second-order valence-corrected chi connectivity index (χ2v) is 11.0. The molecule has 0 bridgehead atoms. The Morgan fingerprint density at radius 1 is 0.556 bits per heavy atom. The van der Waals surface area contributed by atoms with Gasteiger partial charge in [-0.25, -0.2) is 0 Å². The Labute approximate surface area is 170 Å². The van der Waals surface area contributed by atoms with Gasteiger partial charge in [0.05, 0.1) is 0 Å². The second kappa shape index (κ2) is 8.02. The number of carbonyl (C=O) groups excluding carboxylic acids is 2. The molecule has 4 nitrogen and oxygen atoms in total. The molecule has 0 aliphatic rings. The summed E-state index contributed by atoms with van der Waals surface area (Å²) < 4.78 is 142. The SMILES string of the molecule is O=C([NH][Hg][NH]C(=O)C(Br)(C(F)(F)F)C(F)(F)F)C(Br)(C(F)(F)F)C(F)(F)F. The van der Waals surface area contributed by atoms with Crippen molar-refractivity contribution in [1.29, 1.82) is 0 Å². The predicted molar refractivity (Wildman–Crippen MR) is 63.8 cm³/mol. The first-order valence-electron chi connectivity index (χ1n) is 5.76. The van der Waals surface area contributed by atoms with Crippen LogP contribution in [-0.2, 0) is 34.8 Å². The maximum absolute atomic E-state index is 12.5. The van der Waals surface area contributed by atoms with E-state index in [9.17, 15) is 62.3 Å². The molecule has 0 aliphatic heterocycles. The number of nitrogens with one attached hydrogen (secondary N) is 2. The van der Waals surface area contributed by atoms with Crippen molar-refractivity contribution in [3.63, 3.8) is 0 Å². The first-order valence-corrected chi connectivity index (χ1v) is 12.8. The van der Waals surface area contributed by atoms with Gasteiger partial charge in [-0.15, -0.1) is 0 Å². The van der Waals surface area contributed by atoms with E-state index >= 15 is 0 Å². The summed E-state index contributed by atoms with van der Waals surface area (Å²) in [7, 11) is 0. The summed E-state index contributed by atoms with van der Waals surface area (Å²) >= 11 is -1.88. The summed E-state index contributed by atoms with van der Waals surface area (Å²) in [5, 5.41) is 0. The van der Waals surface area contributed by atoms with Crippen LogP contribution in [-0.4, -0.2) is 45.2 Å². The molecular weight excluding hydrogens is 744 g/mol. The Morgan fingerprint density at radius 2 is 0.741 bits per heavy atom. The number of rotatable bonds is 4.